The predicted octanol–water partition coefficient (Wildman–Crippen LogP) is 5.22. The Hall–Kier alpha value is -2.84. The molecule has 0 aliphatic carbocycles. The number of amides is 1. The standard InChI is InChI=1S/C20H17ClFN5OS/c1-20(2,3)14-10-15(27(26-14)19-23-7-4-8-24-19)25-18(28)17-16(21)12-6-5-11(22)9-13(12)29-17/h4-10H,1-3H3,(H,25,28). The average Bonchev–Trinajstić information content (AvgIpc) is 3.24. The summed E-state index contributed by atoms with van der Waals surface area (Å²) in [6.07, 6.45) is 3.20. The monoisotopic (exact) mass is 429 g/mol. The van der Waals surface area contributed by atoms with Crippen LogP contribution < -0.4 is 5.32 Å². The number of hydrogen-bond acceptors (Lipinski definition) is 5. The number of halogens is 2. The van der Waals surface area contributed by atoms with Gasteiger partial charge in [-0.2, -0.15) is 9.78 Å². The number of nitrogens with one attached hydrogen (secondary N) is 1. The lowest BCUT2D eigenvalue weighted by atomic mass is 9.92. The average molecular weight is 430 g/mol. The summed E-state index contributed by atoms with van der Waals surface area (Å²) in [7, 11) is 0. The van der Waals surface area contributed by atoms with Gasteiger partial charge in [0.05, 0.1) is 10.7 Å². The maximum atomic E-state index is 13.5. The molecule has 3 heterocycles. The zero-order valence-corrected chi connectivity index (χ0v) is 17.5. The van der Waals surface area contributed by atoms with E-state index in [0.717, 1.165) is 17.0 Å². The molecule has 4 rings (SSSR count). The summed E-state index contributed by atoms with van der Waals surface area (Å²) in [6, 6.07) is 7.74. The Morgan fingerprint density at radius 3 is 2.62 bits per heavy atom. The Bertz CT molecular complexity index is 1210. The van der Waals surface area contributed by atoms with Gasteiger partial charge in [0.1, 0.15) is 16.5 Å². The van der Waals surface area contributed by atoms with Crippen molar-refractivity contribution in [2.75, 3.05) is 5.32 Å². The molecule has 3 aromatic heterocycles. The van der Waals surface area contributed by atoms with E-state index in [0.29, 0.717) is 31.8 Å². The highest BCUT2D eigenvalue weighted by Gasteiger charge is 2.24. The van der Waals surface area contributed by atoms with Crippen molar-refractivity contribution in [3.63, 3.8) is 0 Å². The van der Waals surface area contributed by atoms with Crippen LogP contribution in [-0.2, 0) is 5.41 Å². The Balaban J connectivity index is 1.75. The van der Waals surface area contributed by atoms with Gasteiger partial charge in [0.15, 0.2) is 0 Å². The number of hydrogen-bond donors (Lipinski definition) is 1. The van der Waals surface area contributed by atoms with Crippen molar-refractivity contribution in [3.05, 3.63) is 64.1 Å². The van der Waals surface area contributed by atoms with Crippen molar-refractivity contribution in [2.45, 2.75) is 26.2 Å². The Labute approximate surface area is 175 Å². The fourth-order valence-corrected chi connectivity index (χ4v) is 4.18. The second-order valence-corrected chi connectivity index (χ2v) is 8.90. The quantitative estimate of drug-likeness (QED) is 0.484. The molecule has 4 aromatic rings. The number of aromatic nitrogens is 4. The summed E-state index contributed by atoms with van der Waals surface area (Å²) >= 11 is 7.52. The first kappa shape index (κ1) is 19.5. The molecular weight excluding hydrogens is 413 g/mol. The van der Waals surface area contributed by atoms with Crippen LogP contribution in [-0.4, -0.2) is 25.7 Å². The van der Waals surface area contributed by atoms with Gasteiger partial charge in [0, 0.05) is 34.0 Å². The molecule has 0 radical (unpaired) electrons. The van der Waals surface area contributed by atoms with E-state index in [9.17, 15) is 9.18 Å². The van der Waals surface area contributed by atoms with E-state index in [1.54, 1.807) is 30.6 Å². The molecule has 6 nitrogen and oxygen atoms in total. The molecule has 0 atom stereocenters. The van der Waals surface area contributed by atoms with Crippen LogP contribution >= 0.6 is 22.9 Å². The third kappa shape index (κ3) is 3.73. The number of carbonyl (C=O) groups excluding carboxylic acids is 1. The molecular formula is C20H17ClFN5OS. The van der Waals surface area contributed by atoms with Gasteiger partial charge < -0.3 is 5.32 Å². The zero-order chi connectivity index (χ0) is 20.8. The summed E-state index contributed by atoms with van der Waals surface area (Å²) in [6.45, 7) is 6.07. The first-order valence-corrected chi connectivity index (χ1v) is 10.0. The minimum absolute atomic E-state index is 0.244. The Morgan fingerprint density at radius 1 is 1.21 bits per heavy atom. The summed E-state index contributed by atoms with van der Waals surface area (Å²) in [4.78, 5) is 21.7. The van der Waals surface area contributed by atoms with E-state index in [1.807, 2.05) is 20.8 Å². The Kier molecular flexibility index (Phi) is 4.84. The molecule has 1 amide bonds. The van der Waals surface area contributed by atoms with Crippen molar-refractivity contribution in [2.24, 2.45) is 0 Å². The summed E-state index contributed by atoms with van der Waals surface area (Å²) in [5, 5.41) is 8.35. The number of benzene rings is 1. The van der Waals surface area contributed by atoms with Crippen LogP contribution in [0.4, 0.5) is 10.2 Å². The molecule has 0 bridgehead atoms. The third-order valence-electron chi connectivity index (χ3n) is 4.26. The maximum Gasteiger partial charge on any atom is 0.268 e. The lowest BCUT2D eigenvalue weighted by Crippen LogP contribution is -2.15. The summed E-state index contributed by atoms with van der Waals surface area (Å²) < 4.78 is 15.6. The molecule has 0 saturated carbocycles. The van der Waals surface area contributed by atoms with Crippen molar-refractivity contribution < 1.29 is 9.18 Å². The molecule has 0 aliphatic heterocycles. The van der Waals surface area contributed by atoms with Crippen molar-refractivity contribution in [1.29, 1.82) is 0 Å². The molecule has 0 aliphatic rings. The fraction of sp³-hybridized carbons (Fsp3) is 0.200. The molecule has 29 heavy (non-hydrogen) atoms. The topological polar surface area (TPSA) is 72.7 Å². The minimum atomic E-state index is -0.408. The second kappa shape index (κ2) is 7.20. The molecule has 9 heteroatoms. The van der Waals surface area contributed by atoms with Gasteiger partial charge >= 0.3 is 0 Å². The number of thiophene rings is 1. The predicted molar refractivity (Wildman–Crippen MR) is 113 cm³/mol. The number of fused-ring (bicyclic) bond motifs is 1. The largest absolute Gasteiger partial charge is 0.306 e. The molecule has 0 spiro atoms. The minimum Gasteiger partial charge on any atom is -0.306 e. The summed E-state index contributed by atoms with van der Waals surface area (Å²) in [5.74, 6) is -0.0284. The van der Waals surface area contributed by atoms with Gasteiger partial charge in [-0.3, -0.25) is 4.79 Å². The van der Waals surface area contributed by atoms with Gasteiger partial charge in [-0.05, 0) is 24.3 Å². The van der Waals surface area contributed by atoms with Gasteiger partial charge in [0.25, 0.3) is 11.9 Å². The molecule has 1 aromatic carbocycles. The normalized spacial score (nSPS) is 11.8. The van der Waals surface area contributed by atoms with Crippen LogP contribution in [0.3, 0.4) is 0 Å². The SMILES string of the molecule is CC(C)(C)c1cc(NC(=O)c2sc3cc(F)ccc3c2Cl)n(-c2ncccn2)n1. The maximum absolute atomic E-state index is 13.5. The van der Waals surface area contributed by atoms with Gasteiger partial charge in [-0.1, -0.05) is 32.4 Å². The van der Waals surface area contributed by atoms with Crippen LogP contribution in [0.15, 0.2) is 42.7 Å². The lowest BCUT2D eigenvalue weighted by Gasteiger charge is -2.13. The van der Waals surface area contributed by atoms with Crippen molar-refractivity contribution in [3.8, 4) is 5.95 Å². The molecule has 148 valence electrons. The fourth-order valence-electron chi connectivity index (χ4n) is 2.75. The van der Waals surface area contributed by atoms with Crippen LogP contribution in [0.1, 0.15) is 36.1 Å². The number of anilines is 1. The van der Waals surface area contributed by atoms with E-state index >= 15 is 0 Å². The highest BCUT2D eigenvalue weighted by atomic mass is 35.5. The van der Waals surface area contributed by atoms with Crippen LogP contribution in [0, 0.1) is 5.82 Å². The molecule has 0 fully saturated rings. The van der Waals surface area contributed by atoms with Crippen molar-refractivity contribution >= 4 is 44.7 Å². The van der Waals surface area contributed by atoms with Crippen LogP contribution in [0.25, 0.3) is 16.0 Å². The van der Waals surface area contributed by atoms with Crippen LogP contribution in [0.5, 0.6) is 0 Å². The van der Waals surface area contributed by atoms with Crippen LogP contribution in [0.2, 0.25) is 5.02 Å². The molecule has 1 N–H and O–H groups in total. The van der Waals surface area contributed by atoms with E-state index in [-0.39, 0.29) is 11.2 Å². The number of rotatable bonds is 3. The van der Waals surface area contributed by atoms with Crippen molar-refractivity contribution in [1.82, 2.24) is 19.7 Å². The lowest BCUT2D eigenvalue weighted by molar-refractivity contribution is 0.103. The number of carbonyl (C=O) groups is 1. The zero-order valence-electron chi connectivity index (χ0n) is 15.9. The first-order valence-electron chi connectivity index (χ1n) is 8.81. The molecule has 0 saturated heterocycles. The van der Waals surface area contributed by atoms with Gasteiger partial charge in [0.2, 0.25) is 0 Å². The van der Waals surface area contributed by atoms with E-state index in [1.165, 1.54) is 16.8 Å². The third-order valence-corrected chi connectivity index (χ3v) is 5.91. The van der Waals surface area contributed by atoms with E-state index in [2.05, 4.69) is 20.4 Å². The summed E-state index contributed by atoms with van der Waals surface area (Å²) in [5.41, 5.74) is 0.525. The van der Waals surface area contributed by atoms with Gasteiger partial charge in [-0.25, -0.2) is 14.4 Å². The Morgan fingerprint density at radius 2 is 1.93 bits per heavy atom. The van der Waals surface area contributed by atoms with E-state index in [4.69, 9.17) is 11.6 Å². The molecule has 0 unspecified atom stereocenters. The van der Waals surface area contributed by atoms with E-state index < -0.39 is 5.91 Å². The highest BCUT2D eigenvalue weighted by molar-refractivity contribution is 7.21. The first-order chi connectivity index (χ1) is 13.7. The smallest absolute Gasteiger partial charge is 0.268 e. The van der Waals surface area contributed by atoms with Gasteiger partial charge in [-0.15, -0.1) is 11.3 Å². The number of nitrogens with zero attached hydrogens (tertiary/aromatic N) is 4. The highest BCUT2D eigenvalue weighted by Crippen LogP contribution is 2.36. The second-order valence-electron chi connectivity index (χ2n) is 7.47.